The second-order valence-electron chi connectivity index (χ2n) is 4.56. The Morgan fingerprint density at radius 1 is 1.38 bits per heavy atom. The minimum atomic E-state index is -1.09. The molecule has 2 rings (SSSR count). The highest BCUT2D eigenvalue weighted by Crippen LogP contribution is 2.27. The fourth-order valence-corrected chi connectivity index (χ4v) is 2.23. The van der Waals surface area contributed by atoms with E-state index in [0.29, 0.717) is 11.2 Å². The number of benzene rings is 1. The number of aldehydes is 1. The van der Waals surface area contributed by atoms with E-state index in [1.54, 1.807) is 0 Å². The lowest BCUT2D eigenvalue weighted by Gasteiger charge is -2.20. The Hall–Kier alpha value is -2.57. The van der Waals surface area contributed by atoms with E-state index in [1.807, 2.05) is 0 Å². The lowest BCUT2D eigenvalue weighted by atomic mass is 10.1. The first-order valence-corrected chi connectivity index (χ1v) is 6.33. The Balaban J connectivity index is 2.27. The molecule has 1 aromatic rings. The van der Waals surface area contributed by atoms with Crippen LogP contribution in [0.3, 0.4) is 0 Å². The van der Waals surface area contributed by atoms with Crippen LogP contribution in [-0.4, -0.2) is 42.0 Å². The Labute approximate surface area is 119 Å². The third-order valence-electron chi connectivity index (χ3n) is 3.33. The Morgan fingerprint density at radius 3 is 2.67 bits per heavy atom. The van der Waals surface area contributed by atoms with Crippen molar-refractivity contribution in [3.8, 4) is 0 Å². The predicted octanol–water partition coefficient (Wildman–Crippen LogP) is 0.515. The van der Waals surface area contributed by atoms with Crippen molar-refractivity contribution in [2.45, 2.75) is 18.9 Å². The van der Waals surface area contributed by atoms with Gasteiger partial charge in [-0.15, -0.1) is 0 Å². The van der Waals surface area contributed by atoms with E-state index in [0.717, 1.165) is 6.07 Å². The number of carbonyl (C=O) groups excluding carboxylic acids is 4. The first-order chi connectivity index (χ1) is 10.0. The maximum atomic E-state index is 13.7. The third kappa shape index (κ3) is 2.54. The molecule has 0 saturated heterocycles. The summed E-state index contributed by atoms with van der Waals surface area (Å²) in [6.07, 6.45) is 0.397. The van der Waals surface area contributed by atoms with Gasteiger partial charge >= 0.3 is 0 Å². The fourth-order valence-electron chi connectivity index (χ4n) is 2.23. The zero-order chi connectivity index (χ0) is 15.6. The van der Waals surface area contributed by atoms with Gasteiger partial charge in [-0.1, -0.05) is 6.07 Å². The molecule has 21 heavy (non-hydrogen) atoms. The molecule has 6 nitrogen and oxygen atoms in total. The smallest absolute Gasteiger partial charge is 0.265 e. The second-order valence-corrected chi connectivity index (χ2v) is 4.56. The summed E-state index contributed by atoms with van der Waals surface area (Å²) in [5, 5.41) is 2.38. The molecule has 0 spiro atoms. The summed E-state index contributed by atoms with van der Waals surface area (Å²) in [4.78, 5) is 47.4. The molecule has 0 fully saturated rings. The number of carbonyl (C=O) groups is 4. The molecule has 1 aliphatic heterocycles. The first kappa shape index (κ1) is 14.8. The van der Waals surface area contributed by atoms with Gasteiger partial charge in [-0.2, -0.15) is 0 Å². The van der Waals surface area contributed by atoms with Gasteiger partial charge in [0.15, 0.2) is 0 Å². The third-order valence-corrected chi connectivity index (χ3v) is 3.33. The first-order valence-electron chi connectivity index (χ1n) is 6.33. The highest BCUT2D eigenvalue weighted by atomic mass is 19.1. The van der Waals surface area contributed by atoms with Crippen molar-refractivity contribution in [1.29, 1.82) is 0 Å². The number of imide groups is 1. The van der Waals surface area contributed by atoms with Crippen LogP contribution in [0.25, 0.3) is 0 Å². The molecule has 0 saturated carbocycles. The van der Waals surface area contributed by atoms with Crippen LogP contribution in [0.5, 0.6) is 0 Å². The number of fused-ring (bicyclic) bond motifs is 1. The highest BCUT2D eigenvalue weighted by Gasteiger charge is 2.41. The van der Waals surface area contributed by atoms with E-state index < -0.39 is 23.7 Å². The Morgan fingerprint density at radius 2 is 2.10 bits per heavy atom. The van der Waals surface area contributed by atoms with Crippen LogP contribution in [0.15, 0.2) is 18.2 Å². The normalized spacial score (nSPS) is 14.9. The van der Waals surface area contributed by atoms with Crippen LogP contribution < -0.4 is 5.32 Å². The predicted molar refractivity (Wildman–Crippen MR) is 70.1 cm³/mol. The number of hydrogen-bond donors (Lipinski definition) is 1. The molecule has 1 N–H and O–H groups in total. The molecule has 3 amide bonds. The van der Waals surface area contributed by atoms with E-state index in [4.69, 9.17) is 0 Å². The number of hydrogen-bond acceptors (Lipinski definition) is 4. The van der Waals surface area contributed by atoms with Crippen LogP contribution >= 0.6 is 0 Å². The molecule has 0 bridgehead atoms. The van der Waals surface area contributed by atoms with E-state index in [9.17, 15) is 23.6 Å². The standard InChI is InChI=1S/C14H13FN2O4/c1-16-11(19)6-5-8(7-18)17-13(20)9-3-2-4-10(15)12(9)14(17)21/h2-4,7-8H,5-6H2,1H3,(H,16,19). The van der Waals surface area contributed by atoms with Gasteiger partial charge in [-0.3, -0.25) is 19.3 Å². The molecule has 1 aliphatic rings. The fraction of sp³-hybridized carbons (Fsp3) is 0.286. The van der Waals surface area contributed by atoms with Crippen molar-refractivity contribution < 1.29 is 23.6 Å². The van der Waals surface area contributed by atoms with Gasteiger partial charge in [0.1, 0.15) is 12.1 Å². The van der Waals surface area contributed by atoms with E-state index in [-0.39, 0.29) is 29.9 Å². The number of amides is 3. The molecular formula is C14H13FN2O4. The molecule has 1 unspecified atom stereocenters. The Kier molecular flexibility index (Phi) is 4.11. The maximum Gasteiger partial charge on any atom is 0.265 e. The van der Waals surface area contributed by atoms with Gasteiger partial charge in [0, 0.05) is 13.5 Å². The maximum absolute atomic E-state index is 13.7. The van der Waals surface area contributed by atoms with Gasteiger partial charge in [-0.25, -0.2) is 4.39 Å². The van der Waals surface area contributed by atoms with Crippen molar-refractivity contribution >= 4 is 24.0 Å². The summed E-state index contributed by atoms with van der Waals surface area (Å²) in [7, 11) is 1.44. The minimum absolute atomic E-state index is 0.00371. The summed E-state index contributed by atoms with van der Waals surface area (Å²) in [5.41, 5.74) is -0.388. The monoisotopic (exact) mass is 292 g/mol. The van der Waals surface area contributed by atoms with Gasteiger partial charge < -0.3 is 10.1 Å². The van der Waals surface area contributed by atoms with Gasteiger partial charge in [0.25, 0.3) is 11.8 Å². The highest BCUT2D eigenvalue weighted by molar-refractivity contribution is 6.22. The summed E-state index contributed by atoms with van der Waals surface area (Å²) in [6, 6.07) is 2.64. The lowest BCUT2D eigenvalue weighted by Crippen LogP contribution is -2.41. The Bertz CT molecular complexity index is 629. The van der Waals surface area contributed by atoms with Crippen molar-refractivity contribution in [2.75, 3.05) is 7.05 Å². The topological polar surface area (TPSA) is 83.6 Å². The van der Waals surface area contributed by atoms with Gasteiger partial charge in [0.05, 0.1) is 17.2 Å². The minimum Gasteiger partial charge on any atom is -0.359 e. The zero-order valence-electron chi connectivity index (χ0n) is 11.3. The summed E-state index contributed by atoms with van der Waals surface area (Å²) in [6.45, 7) is 0. The van der Waals surface area contributed by atoms with Crippen molar-refractivity contribution in [2.24, 2.45) is 0 Å². The molecule has 1 atom stereocenters. The summed E-state index contributed by atoms with van der Waals surface area (Å²) in [5.74, 6) is -2.68. The largest absolute Gasteiger partial charge is 0.359 e. The zero-order valence-corrected chi connectivity index (χ0v) is 11.3. The molecular weight excluding hydrogens is 279 g/mol. The van der Waals surface area contributed by atoms with E-state index in [1.165, 1.54) is 19.2 Å². The van der Waals surface area contributed by atoms with Crippen molar-refractivity contribution in [3.63, 3.8) is 0 Å². The molecule has 0 radical (unpaired) electrons. The van der Waals surface area contributed by atoms with Gasteiger partial charge in [-0.05, 0) is 18.6 Å². The van der Waals surface area contributed by atoms with Crippen molar-refractivity contribution in [1.82, 2.24) is 10.2 Å². The van der Waals surface area contributed by atoms with Crippen molar-refractivity contribution in [3.05, 3.63) is 35.1 Å². The van der Waals surface area contributed by atoms with Crippen LogP contribution in [0.1, 0.15) is 33.6 Å². The van der Waals surface area contributed by atoms with Gasteiger partial charge in [0.2, 0.25) is 5.91 Å². The van der Waals surface area contributed by atoms with Crippen LogP contribution in [0, 0.1) is 5.82 Å². The quantitative estimate of drug-likeness (QED) is 0.633. The number of halogens is 1. The molecule has 1 aromatic carbocycles. The van der Waals surface area contributed by atoms with E-state index >= 15 is 0 Å². The average Bonchev–Trinajstić information content (AvgIpc) is 2.73. The summed E-state index contributed by atoms with van der Waals surface area (Å²) >= 11 is 0. The molecule has 110 valence electrons. The average molecular weight is 292 g/mol. The summed E-state index contributed by atoms with van der Waals surface area (Å²) < 4.78 is 13.7. The second kappa shape index (κ2) is 5.82. The number of nitrogens with one attached hydrogen (secondary N) is 1. The number of rotatable bonds is 5. The van der Waals surface area contributed by atoms with Crippen LogP contribution in [0.4, 0.5) is 4.39 Å². The number of nitrogens with zero attached hydrogens (tertiary/aromatic N) is 1. The molecule has 7 heteroatoms. The lowest BCUT2D eigenvalue weighted by molar-refractivity contribution is -0.121. The molecule has 1 heterocycles. The molecule has 0 aromatic heterocycles. The SMILES string of the molecule is CNC(=O)CCC(C=O)N1C(=O)c2cccc(F)c2C1=O. The molecule has 0 aliphatic carbocycles. The van der Waals surface area contributed by atoms with E-state index in [2.05, 4.69) is 5.32 Å². The van der Waals surface area contributed by atoms with Crippen LogP contribution in [0.2, 0.25) is 0 Å². The van der Waals surface area contributed by atoms with Crippen LogP contribution in [-0.2, 0) is 9.59 Å².